The Morgan fingerprint density at radius 1 is 1.21 bits per heavy atom. The van der Waals surface area contributed by atoms with Crippen LogP contribution in [0.15, 0.2) is 0 Å². The van der Waals surface area contributed by atoms with E-state index in [1.165, 1.54) is 32.2 Å². The van der Waals surface area contributed by atoms with Gasteiger partial charge in [-0.25, -0.2) is 0 Å². The van der Waals surface area contributed by atoms with E-state index < -0.39 is 0 Å². The molecule has 1 nitrogen and oxygen atoms in total. The summed E-state index contributed by atoms with van der Waals surface area (Å²) in [7, 11) is 0. The molecule has 1 rings (SSSR count). The lowest BCUT2D eigenvalue weighted by atomic mass is 9.70. The number of rotatable bonds is 2. The zero-order chi connectivity index (χ0) is 10.8. The average molecular weight is 197 g/mol. The van der Waals surface area contributed by atoms with Gasteiger partial charge in [0.1, 0.15) is 0 Å². The minimum Gasteiger partial charge on any atom is -0.311 e. The molecule has 14 heavy (non-hydrogen) atoms. The molecule has 1 N–H and O–H groups in total. The van der Waals surface area contributed by atoms with E-state index in [0.717, 1.165) is 5.92 Å². The summed E-state index contributed by atoms with van der Waals surface area (Å²) in [6.45, 7) is 13.0. The van der Waals surface area contributed by atoms with Gasteiger partial charge in [0.05, 0.1) is 0 Å². The number of hydrogen-bond donors (Lipinski definition) is 1. The molecule has 84 valence electrons. The molecule has 0 aromatic carbocycles. The molecule has 0 bridgehead atoms. The average Bonchev–Trinajstić information content (AvgIpc) is 2.02. The van der Waals surface area contributed by atoms with Crippen molar-refractivity contribution in [2.24, 2.45) is 11.3 Å². The molecule has 1 unspecified atom stereocenters. The van der Waals surface area contributed by atoms with Crippen LogP contribution < -0.4 is 5.32 Å². The summed E-state index contributed by atoms with van der Waals surface area (Å²) >= 11 is 0. The topological polar surface area (TPSA) is 12.0 Å². The van der Waals surface area contributed by atoms with Gasteiger partial charge in [-0.2, -0.15) is 0 Å². The van der Waals surface area contributed by atoms with Gasteiger partial charge in [-0.1, -0.05) is 41.0 Å². The largest absolute Gasteiger partial charge is 0.311 e. The third kappa shape index (κ3) is 2.98. The molecule has 1 aliphatic heterocycles. The summed E-state index contributed by atoms with van der Waals surface area (Å²) in [6.07, 6.45) is 5.43. The number of nitrogens with one attached hydrogen (secondary N) is 1. The molecule has 1 aliphatic rings. The third-order valence-corrected chi connectivity index (χ3v) is 3.48. The number of hydrogen-bond acceptors (Lipinski definition) is 1. The fraction of sp³-hybridized carbons (Fsp3) is 1.00. The summed E-state index contributed by atoms with van der Waals surface area (Å²) in [5.74, 6) is 0.752. The maximum absolute atomic E-state index is 3.79. The summed E-state index contributed by atoms with van der Waals surface area (Å²) in [5, 5.41) is 3.79. The second kappa shape index (κ2) is 4.22. The Balaban J connectivity index is 2.71. The highest BCUT2D eigenvalue weighted by atomic mass is 15.0. The van der Waals surface area contributed by atoms with Crippen molar-refractivity contribution in [2.75, 3.05) is 6.54 Å². The monoisotopic (exact) mass is 197 g/mol. The molecule has 0 radical (unpaired) electrons. The molecule has 1 saturated heterocycles. The fourth-order valence-electron chi connectivity index (χ4n) is 2.79. The highest BCUT2D eigenvalue weighted by molar-refractivity contribution is 4.96. The molecule has 1 atom stereocenters. The van der Waals surface area contributed by atoms with Gasteiger partial charge in [0.15, 0.2) is 0 Å². The maximum Gasteiger partial charge on any atom is 0.0209 e. The molecule has 1 fully saturated rings. The second-order valence-corrected chi connectivity index (χ2v) is 6.43. The quantitative estimate of drug-likeness (QED) is 0.713. The Morgan fingerprint density at radius 3 is 2.21 bits per heavy atom. The van der Waals surface area contributed by atoms with Crippen molar-refractivity contribution in [1.29, 1.82) is 0 Å². The number of piperidine rings is 1. The van der Waals surface area contributed by atoms with Crippen LogP contribution in [-0.2, 0) is 0 Å². The molecule has 1 heteroatoms. The van der Waals surface area contributed by atoms with Gasteiger partial charge in [0.2, 0.25) is 0 Å². The molecular formula is C13H27N. The van der Waals surface area contributed by atoms with Crippen LogP contribution in [-0.4, -0.2) is 12.1 Å². The van der Waals surface area contributed by atoms with Crippen molar-refractivity contribution in [1.82, 2.24) is 5.32 Å². The highest BCUT2D eigenvalue weighted by Gasteiger charge is 2.37. The first-order valence-corrected chi connectivity index (χ1v) is 6.11. The standard InChI is InChI=1S/C13H27N/c1-11(2)13(10-12(3,4)5)8-6-7-9-14-13/h11,14H,6-10H2,1-5H3. The molecule has 0 aromatic rings. The first-order chi connectivity index (χ1) is 6.36. The van der Waals surface area contributed by atoms with Crippen LogP contribution in [0.25, 0.3) is 0 Å². The van der Waals surface area contributed by atoms with Crippen molar-refractivity contribution in [3.8, 4) is 0 Å². The second-order valence-electron chi connectivity index (χ2n) is 6.43. The maximum atomic E-state index is 3.79. The fourth-order valence-corrected chi connectivity index (χ4v) is 2.79. The van der Waals surface area contributed by atoms with Gasteiger partial charge in [0.25, 0.3) is 0 Å². The van der Waals surface area contributed by atoms with Gasteiger partial charge < -0.3 is 5.32 Å². The lowest BCUT2D eigenvalue weighted by Gasteiger charge is -2.45. The molecule has 0 saturated carbocycles. The third-order valence-electron chi connectivity index (χ3n) is 3.48. The van der Waals surface area contributed by atoms with Gasteiger partial charge in [-0.05, 0) is 37.1 Å². The summed E-state index contributed by atoms with van der Waals surface area (Å²) < 4.78 is 0. The van der Waals surface area contributed by atoms with E-state index in [9.17, 15) is 0 Å². The minimum atomic E-state index is 0.413. The molecule has 0 amide bonds. The predicted molar refractivity (Wildman–Crippen MR) is 63.5 cm³/mol. The zero-order valence-electron chi connectivity index (χ0n) is 10.6. The lowest BCUT2D eigenvalue weighted by molar-refractivity contribution is 0.119. The van der Waals surface area contributed by atoms with Gasteiger partial charge >= 0.3 is 0 Å². The van der Waals surface area contributed by atoms with Crippen LogP contribution >= 0.6 is 0 Å². The van der Waals surface area contributed by atoms with Crippen molar-refractivity contribution < 1.29 is 0 Å². The summed E-state index contributed by atoms with van der Waals surface area (Å²) in [6, 6.07) is 0. The molecular weight excluding hydrogens is 170 g/mol. The summed E-state index contributed by atoms with van der Waals surface area (Å²) in [4.78, 5) is 0. The van der Waals surface area contributed by atoms with E-state index in [0.29, 0.717) is 11.0 Å². The van der Waals surface area contributed by atoms with Crippen molar-refractivity contribution in [2.45, 2.75) is 65.8 Å². The molecule has 1 heterocycles. The minimum absolute atomic E-state index is 0.413. The normalized spacial score (nSPS) is 29.6. The Labute approximate surface area is 89.7 Å². The SMILES string of the molecule is CC(C)C1(CC(C)(C)C)CCCCN1. The predicted octanol–water partition coefficient (Wildman–Crippen LogP) is 3.59. The molecule has 0 spiro atoms. The van der Waals surface area contributed by atoms with Crippen LogP contribution in [0, 0.1) is 11.3 Å². The van der Waals surface area contributed by atoms with E-state index in [4.69, 9.17) is 0 Å². The van der Waals surface area contributed by atoms with Crippen LogP contribution in [0.4, 0.5) is 0 Å². The van der Waals surface area contributed by atoms with Crippen LogP contribution in [0.2, 0.25) is 0 Å². The molecule has 0 aromatic heterocycles. The Morgan fingerprint density at radius 2 is 1.86 bits per heavy atom. The van der Waals surface area contributed by atoms with Crippen LogP contribution in [0.3, 0.4) is 0 Å². The van der Waals surface area contributed by atoms with E-state index in [1.807, 2.05) is 0 Å². The zero-order valence-corrected chi connectivity index (χ0v) is 10.6. The molecule has 0 aliphatic carbocycles. The Hall–Kier alpha value is -0.0400. The Bertz CT molecular complexity index is 170. The van der Waals surface area contributed by atoms with Gasteiger partial charge in [-0.3, -0.25) is 0 Å². The van der Waals surface area contributed by atoms with E-state index >= 15 is 0 Å². The smallest absolute Gasteiger partial charge is 0.0209 e. The van der Waals surface area contributed by atoms with Crippen LogP contribution in [0.1, 0.15) is 60.3 Å². The Kier molecular flexibility index (Phi) is 3.63. The highest BCUT2D eigenvalue weighted by Crippen LogP contribution is 2.37. The summed E-state index contributed by atoms with van der Waals surface area (Å²) in [5.41, 5.74) is 0.852. The first-order valence-electron chi connectivity index (χ1n) is 6.11. The van der Waals surface area contributed by atoms with E-state index in [-0.39, 0.29) is 0 Å². The van der Waals surface area contributed by atoms with Crippen molar-refractivity contribution in [3.63, 3.8) is 0 Å². The van der Waals surface area contributed by atoms with E-state index in [2.05, 4.69) is 39.9 Å². The van der Waals surface area contributed by atoms with Crippen LogP contribution in [0.5, 0.6) is 0 Å². The van der Waals surface area contributed by atoms with Gasteiger partial charge in [0, 0.05) is 5.54 Å². The first kappa shape index (κ1) is 12.0. The van der Waals surface area contributed by atoms with E-state index in [1.54, 1.807) is 0 Å². The van der Waals surface area contributed by atoms with Crippen molar-refractivity contribution >= 4 is 0 Å². The van der Waals surface area contributed by atoms with Gasteiger partial charge in [-0.15, -0.1) is 0 Å². The van der Waals surface area contributed by atoms with Crippen molar-refractivity contribution in [3.05, 3.63) is 0 Å². The lowest BCUT2D eigenvalue weighted by Crippen LogP contribution is -2.54.